The molecule has 210 valence electrons. The minimum Gasteiger partial charge on any atom is -0.382 e. The van der Waals surface area contributed by atoms with Crippen molar-refractivity contribution in [1.82, 2.24) is 34.7 Å². The van der Waals surface area contributed by atoms with Gasteiger partial charge in [0.05, 0.1) is 11.9 Å². The molecule has 2 saturated heterocycles. The molecule has 2 bridgehead atoms. The lowest BCUT2D eigenvalue weighted by Gasteiger charge is -2.38. The normalized spacial score (nSPS) is 21.3. The number of aromatic amines is 1. The number of H-pyrrole nitrogens is 1. The van der Waals surface area contributed by atoms with E-state index in [1.807, 2.05) is 4.90 Å². The largest absolute Gasteiger partial charge is 0.382 e. The number of rotatable bonds is 5. The van der Waals surface area contributed by atoms with Crippen LogP contribution >= 0.6 is 0 Å². The zero-order valence-electron chi connectivity index (χ0n) is 22.3. The van der Waals surface area contributed by atoms with Gasteiger partial charge in [-0.25, -0.2) is 17.8 Å². The number of nitrogen functional groups attached to an aromatic ring is 1. The van der Waals surface area contributed by atoms with Crippen molar-refractivity contribution >= 4 is 27.2 Å². The fourth-order valence-electron chi connectivity index (χ4n) is 6.25. The first-order valence-corrected chi connectivity index (χ1v) is 14.9. The number of hydrogen-bond acceptors (Lipinski definition) is 9. The summed E-state index contributed by atoms with van der Waals surface area (Å²) < 4.78 is 42.3. The molecule has 0 spiro atoms. The van der Waals surface area contributed by atoms with Crippen LogP contribution in [0.5, 0.6) is 0 Å². The van der Waals surface area contributed by atoms with E-state index in [0.717, 1.165) is 19.1 Å². The van der Waals surface area contributed by atoms with E-state index in [0.29, 0.717) is 40.9 Å². The van der Waals surface area contributed by atoms with Gasteiger partial charge in [-0.1, -0.05) is 12.1 Å². The van der Waals surface area contributed by atoms with Gasteiger partial charge in [-0.2, -0.15) is 9.61 Å². The number of hydrogen-bond donors (Lipinski definition) is 3. The van der Waals surface area contributed by atoms with Crippen molar-refractivity contribution in [1.29, 1.82) is 0 Å². The number of fused-ring (bicyclic) bond motifs is 3. The Bertz CT molecular complexity index is 1730. The number of piperidine rings is 1. The topological polar surface area (TPSA) is 178 Å². The molecule has 5 N–H and O–H groups in total. The van der Waals surface area contributed by atoms with E-state index in [9.17, 15) is 13.2 Å². The average Bonchev–Trinajstić information content (AvgIpc) is 3.60. The maximum absolute atomic E-state index is 15.0. The number of nitrogens with zero attached hydrogens (tertiary/aromatic N) is 6. The van der Waals surface area contributed by atoms with Crippen LogP contribution in [0.1, 0.15) is 67.3 Å². The monoisotopic (exact) mass is 567 g/mol. The first kappa shape index (κ1) is 26.3. The quantitative estimate of drug-likeness (QED) is 0.326. The van der Waals surface area contributed by atoms with Crippen molar-refractivity contribution in [3.63, 3.8) is 0 Å². The molecule has 40 heavy (non-hydrogen) atoms. The molecular weight excluding hydrogens is 537 g/mol. The molecule has 1 aromatic carbocycles. The molecule has 0 aliphatic carbocycles. The molecule has 3 atom stereocenters. The molecule has 0 unspecified atom stereocenters. The maximum Gasteiger partial charge on any atom is 0.292 e. The number of sulfone groups is 1. The summed E-state index contributed by atoms with van der Waals surface area (Å²) in [6, 6.07) is 4.51. The smallest absolute Gasteiger partial charge is 0.292 e. The maximum atomic E-state index is 15.0. The van der Waals surface area contributed by atoms with E-state index < -0.39 is 21.2 Å². The van der Waals surface area contributed by atoms with Gasteiger partial charge in [-0.05, 0) is 51.2 Å². The van der Waals surface area contributed by atoms with Crippen molar-refractivity contribution in [2.45, 2.75) is 68.0 Å². The Morgan fingerprint density at radius 1 is 1.20 bits per heavy atom. The van der Waals surface area contributed by atoms with Crippen LogP contribution in [0.25, 0.3) is 16.8 Å². The van der Waals surface area contributed by atoms with Crippen molar-refractivity contribution in [2.75, 3.05) is 12.0 Å². The Morgan fingerprint density at radius 2 is 1.90 bits per heavy atom. The van der Waals surface area contributed by atoms with E-state index in [2.05, 4.69) is 20.3 Å². The number of aromatic nitrogens is 6. The number of nitrogens with two attached hydrogens (primary N) is 2. The number of carbonyl (C=O) groups excluding carboxylic acids is 1. The minimum absolute atomic E-state index is 0.0542. The third kappa shape index (κ3) is 4.22. The van der Waals surface area contributed by atoms with Crippen LogP contribution in [0.3, 0.4) is 0 Å². The molecule has 4 aromatic rings. The van der Waals surface area contributed by atoms with E-state index in [1.165, 1.54) is 23.1 Å². The SMILES string of the molecule is CC(C)(N)c1ccc(-c2cnn3c(N)c(S(C)(=O)=O)c([C@@H]4C[C@H]5CC[C@@H](C4)N5C(=O)c4nnc[nH]4)nc23)cc1F. The summed E-state index contributed by atoms with van der Waals surface area (Å²) in [6.07, 6.45) is 6.56. The van der Waals surface area contributed by atoms with E-state index in [4.69, 9.17) is 16.5 Å². The third-order valence-corrected chi connectivity index (χ3v) is 9.14. The summed E-state index contributed by atoms with van der Waals surface area (Å²) in [6.45, 7) is 3.44. The number of halogens is 1. The Kier molecular flexibility index (Phi) is 5.96. The zero-order chi connectivity index (χ0) is 28.6. The highest BCUT2D eigenvalue weighted by atomic mass is 32.2. The highest BCUT2D eigenvalue weighted by Crippen LogP contribution is 2.45. The van der Waals surface area contributed by atoms with Crippen LogP contribution < -0.4 is 11.5 Å². The standard InChI is InChI=1S/C26H30FN9O3S/c1-26(2,29)18-7-4-13(10-19(18)27)17-11-32-36-22(28)21(40(3,38)39)20(33-24(17)36)14-8-15-5-6-16(9-14)35(15)25(37)23-30-12-31-34-23/h4,7,10-12,14-16H,5-6,8-9,28-29H2,1-3H3,(H,30,31,34)/t14-,15-,16+. The molecule has 6 rings (SSSR count). The van der Waals surface area contributed by atoms with E-state index >= 15 is 4.39 Å². The molecule has 0 radical (unpaired) electrons. The average molecular weight is 568 g/mol. The van der Waals surface area contributed by atoms with Crippen molar-refractivity contribution in [2.24, 2.45) is 5.73 Å². The van der Waals surface area contributed by atoms with Gasteiger partial charge in [0, 0.05) is 40.9 Å². The molecule has 12 nitrogen and oxygen atoms in total. The fourth-order valence-corrected chi connectivity index (χ4v) is 7.31. The number of benzene rings is 1. The first-order valence-electron chi connectivity index (χ1n) is 13.0. The van der Waals surface area contributed by atoms with Crippen LogP contribution in [0.4, 0.5) is 10.2 Å². The summed E-state index contributed by atoms with van der Waals surface area (Å²) in [5, 5.41) is 11.9. The lowest BCUT2D eigenvalue weighted by molar-refractivity contribution is 0.0556. The summed E-state index contributed by atoms with van der Waals surface area (Å²) in [5.74, 6) is -0.838. The molecule has 2 aliphatic rings. The Hall–Kier alpha value is -3.91. The van der Waals surface area contributed by atoms with Gasteiger partial charge < -0.3 is 21.4 Å². The highest BCUT2D eigenvalue weighted by Gasteiger charge is 2.46. The van der Waals surface area contributed by atoms with E-state index in [-0.39, 0.29) is 40.4 Å². The molecule has 2 aliphatic heterocycles. The molecule has 3 aromatic heterocycles. The molecule has 5 heterocycles. The second-order valence-electron chi connectivity index (χ2n) is 11.3. The van der Waals surface area contributed by atoms with Gasteiger partial charge in [0.2, 0.25) is 5.82 Å². The number of amides is 1. The minimum atomic E-state index is -3.79. The third-order valence-electron chi connectivity index (χ3n) is 7.98. The number of anilines is 1. The van der Waals surface area contributed by atoms with Gasteiger partial charge in [-0.15, -0.1) is 10.2 Å². The van der Waals surface area contributed by atoms with Crippen LogP contribution in [0, 0.1) is 5.82 Å². The van der Waals surface area contributed by atoms with Crippen LogP contribution in [-0.4, -0.2) is 67.3 Å². The van der Waals surface area contributed by atoms with Crippen LogP contribution in [0.15, 0.2) is 35.6 Å². The van der Waals surface area contributed by atoms with Gasteiger partial charge in [0.1, 0.15) is 22.9 Å². The second-order valence-corrected chi connectivity index (χ2v) is 13.2. The molecular formula is C26H30FN9O3S. The molecule has 0 saturated carbocycles. The van der Waals surface area contributed by atoms with Crippen LogP contribution in [0.2, 0.25) is 0 Å². The van der Waals surface area contributed by atoms with Gasteiger partial charge in [0.25, 0.3) is 5.91 Å². The summed E-state index contributed by atoms with van der Waals surface area (Å²) in [5.41, 5.74) is 13.7. The predicted molar refractivity (Wildman–Crippen MR) is 144 cm³/mol. The summed E-state index contributed by atoms with van der Waals surface area (Å²) in [7, 11) is -3.79. The summed E-state index contributed by atoms with van der Waals surface area (Å²) in [4.78, 5) is 22.5. The Balaban J connectivity index is 1.44. The first-order chi connectivity index (χ1) is 18.8. The lowest BCUT2D eigenvalue weighted by Crippen LogP contribution is -2.46. The highest BCUT2D eigenvalue weighted by molar-refractivity contribution is 7.91. The van der Waals surface area contributed by atoms with Gasteiger partial charge in [0.15, 0.2) is 15.5 Å². The fraction of sp³-hybridized carbons (Fsp3) is 0.423. The lowest BCUT2D eigenvalue weighted by atomic mass is 9.87. The van der Waals surface area contributed by atoms with Crippen molar-refractivity contribution in [3.8, 4) is 11.1 Å². The Labute approximate surface area is 229 Å². The molecule has 2 fully saturated rings. The second kappa shape index (κ2) is 9.06. The van der Waals surface area contributed by atoms with Crippen LogP contribution in [-0.2, 0) is 15.4 Å². The van der Waals surface area contributed by atoms with Gasteiger partial charge in [-0.3, -0.25) is 4.79 Å². The van der Waals surface area contributed by atoms with Crippen molar-refractivity contribution in [3.05, 3.63) is 53.6 Å². The zero-order valence-corrected chi connectivity index (χ0v) is 23.1. The van der Waals surface area contributed by atoms with Crippen molar-refractivity contribution < 1.29 is 17.6 Å². The number of nitrogens with one attached hydrogen (secondary N) is 1. The van der Waals surface area contributed by atoms with Gasteiger partial charge >= 0.3 is 0 Å². The number of carbonyl (C=O) groups is 1. The molecule has 14 heteroatoms. The predicted octanol–water partition coefficient (Wildman–Crippen LogP) is 2.38. The Morgan fingerprint density at radius 3 is 2.48 bits per heavy atom. The van der Waals surface area contributed by atoms with E-state index in [1.54, 1.807) is 26.0 Å². The summed E-state index contributed by atoms with van der Waals surface area (Å²) >= 11 is 0. The molecule has 1 amide bonds.